The Labute approximate surface area is 113 Å². The number of hydrogen-bond donors (Lipinski definition) is 1. The predicted octanol–water partition coefficient (Wildman–Crippen LogP) is 2.74. The van der Waals surface area contributed by atoms with Gasteiger partial charge in [-0.15, -0.1) is 0 Å². The van der Waals surface area contributed by atoms with Crippen molar-refractivity contribution in [2.75, 3.05) is 0 Å². The Morgan fingerprint density at radius 2 is 1.90 bits per heavy atom. The number of nitrogens with zero attached hydrogens (tertiary/aromatic N) is 1. The van der Waals surface area contributed by atoms with E-state index in [9.17, 15) is 18.0 Å². The first-order valence-corrected chi connectivity index (χ1v) is 5.81. The molecule has 1 heterocycles. The molecule has 0 saturated heterocycles. The number of benzene rings is 1. The van der Waals surface area contributed by atoms with Crippen molar-refractivity contribution in [2.24, 2.45) is 0 Å². The van der Waals surface area contributed by atoms with Crippen LogP contribution in [0.2, 0.25) is 0 Å². The molecule has 104 valence electrons. The number of aromatic nitrogens is 1. The third-order valence-electron chi connectivity index (χ3n) is 2.82. The van der Waals surface area contributed by atoms with E-state index in [0.29, 0.717) is 12.1 Å². The van der Waals surface area contributed by atoms with E-state index in [0.717, 1.165) is 11.1 Å². The lowest BCUT2D eigenvalue weighted by atomic mass is 10.1. The standard InChI is InChI=1S/C14H11F3N2O/c1-8-6-18-3-2-9(8)7-19-14(20)10-4-11(15)13(17)12(16)5-10/h2-6H,7H2,1H3,(H,19,20). The van der Waals surface area contributed by atoms with Crippen molar-refractivity contribution in [1.82, 2.24) is 10.3 Å². The summed E-state index contributed by atoms with van der Waals surface area (Å²) in [5.41, 5.74) is 1.44. The highest BCUT2D eigenvalue weighted by atomic mass is 19.2. The highest BCUT2D eigenvalue weighted by Crippen LogP contribution is 2.14. The Hall–Kier alpha value is -2.37. The monoisotopic (exact) mass is 280 g/mol. The molecule has 0 fully saturated rings. The molecule has 1 amide bonds. The normalized spacial score (nSPS) is 10.4. The van der Waals surface area contributed by atoms with Gasteiger partial charge in [0.05, 0.1) is 0 Å². The van der Waals surface area contributed by atoms with Gasteiger partial charge >= 0.3 is 0 Å². The van der Waals surface area contributed by atoms with Gasteiger partial charge in [-0.25, -0.2) is 13.2 Å². The second-order valence-corrected chi connectivity index (χ2v) is 4.24. The SMILES string of the molecule is Cc1cnccc1CNC(=O)c1cc(F)c(F)c(F)c1. The van der Waals surface area contributed by atoms with Crippen LogP contribution < -0.4 is 5.32 Å². The minimum absolute atomic E-state index is 0.188. The maximum atomic E-state index is 13.0. The van der Waals surface area contributed by atoms with Crippen LogP contribution in [0.1, 0.15) is 21.5 Å². The number of hydrogen-bond acceptors (Lipinski definition) is 2. The highest BCUT2D eigenvalue weighted by Gasteiger charge is 2.15. The number of pyridine rings is 1. The molecule has 0 aliphatic heterocycles. The van der Waals surface area contributed by atoms with Gasteiger partial charge in [0.2, 0.25) is 0 Å². The molecule has 20 heavy (non-hydrogen) atoms. The van der Waals surface area contributed by atoms with Crippen LogP contribution in [-0.4, -0.2) is 10.9 Å². The summed E-state index contributed by atoms with van der Waals surface area (Å²) in [6.45, 7) is 2.01. The molecule has 3 nitrogen and oxygen atoms in total. The number of halogens is 3. The van der Waals surface area contributed by atoms with Crippen LogP contribution in [0, 0.1) is 24.4 Å². The summed E-state index contributed by atoms with van der Waals surface area (Å²) in [4.78, 5) is 15.7. The zero-order valence-electron chi connectivity index (χ0n) is 10.6. The molecule has 0 bridgehead atoms. The van der Waals surface area contributed by atoms with Crippen molar-refractivity contribution in [3.63, 3.8) is 0 Å². The van der Waals surface area contributed by atoms with E-state index in [1.54, 1.807) is 18.5 Å². The first-order valence-electron chi connectivity index (χ1n) is 5.81. The summed E-state index contributed by atoms with van der Waals surface area (Å²) in [7, 11) is 0. The van der Waals surface area contributed by atoms with Crippen molar-refractivity contribution in [1.29, 1.82) is 0 Å². The summed E-state index contributed by atoms with van der Waals surface area (Å²) in [5.74, 6) is -5.06. The Bertz CT molecular complexity index is 636. The van der Waals surface area contributed by atoms with Crippen LogP contribution >= 0.6 is 0 Å². The fraction of sp³-hybridized carbons (Fsp3) is 0.143. The van der Waals surface area contributed by atoms with Crippen LogP contribution in [0.3, 0.4) is 0 Å². The average molecular weight is 280 g/mol. The van der Waals surface area contributed by atoms with Crippen molar-refractivity contribution < 1.29 is 18.0 Å². The van der Waals surface area contributed by atoms with E-state index in [1.807, 2.05) is 6.92 Å². The third kappa shape index (κ3) is 2.96. The van der Waals surface area contributed by atoms with Crippen molar-refractivity contribution in [3.05, 3.63) is 64.7 Å². The van der Waals surface area contributed by atoms with Gasteiger partial charge in [0.15, 0.2) is 17.5 Å². The lowest BCUT2D eigenvalue weighted by Crippen LogP contribution is -2.23. The third-order valence-corrected chi connectivity index (χ3v) is 2.82. The Morgan fingerprint density at radius 3 is 2.50 bits per heavy atom. The topological polar surface area (TPSA) is 42.0 Å². The van der Waals surface area contributed by atoms with Crippen molar-refractivity contribution in [3.8, 4) is 0 Å². The molecule has 0 atom stereocenters. The van der Waals surface area contributed by atoms with Gasteiger partial charge in [-0.05, 0) is 36.2 Å². The van der Waals surface area contributed by atoms with Crippen LogP contribution in [0.25, 0.3) is 0 Å². The second-order valence-electron chi connectivity index (χ2n) is 4.24. The lowest BCUT2D eigenvalue weighted by Gasteiger charge is -2.08. The smallest absolute Gasteiger partial charge is 0.251 e. The number of carbonyl (C=O) groups is 1. The Kier molecular flexibility index (Phi) is 4.02. The molecule has 2 aromatic rings. The van der Waals surface area contributed by atoms with Crippen LogP contribution in [0.4, 0.5) is 13.2 Å². The van der Waals surface area contributed by atoms with E-state index in [4.69, 9.17) is 0 Å². The minimum Gasteiger partial charge on any atom is -0.348 e. The molecular formula is C14H11F3N2O. The van der Waals surface area contributed by atoms with Gasteiger partial charge in [0.1, 0.15) is 0 Å². The highest BCUT2D eigenvalue weighted by molar-refractivity contribution is 5.94. The maximum absolute atomic E-state index is 13.0. The largest absolute Gasteiger partial charge is 0.348 e. The van der Waals surface area contributed by atoms with Crippen LogP contribution in [0.15, 0.2) is 30.6 Å². The number of nitrogens with one attached hydrogen (secondary N) is 1. The molecule has 2 rings (SSSR count). The molecule has 1 aromatic carbocycles. The summed E-state index contributed by atoms with van der Waals surface area (Å²) >= 11 is 0. The van der Waals surface area contributed by atoms with Crippen molar-refractivity contribution in [2.45, 2.75) is 13.5 Å². The Balaban J connectivity index is 2.11. The van der Waals surface area contributed by atoms with Gasteiger partial charge in [0, 0.05) is 24.5 Å². The number of amides is 1. The number of carbonyl (C=O) groups excluding carboxylic acids is 1. The summed E-state index contributed by atoms with van der Waals surface area (Å²) in [6, 6.07) is 3.04. The van der Waals surface area contributed by atoms with Gasteiger partial charge < -0.3 is 5.32 Å². The predicted molar refractivity (Wildman–Crippen MR) is 66.5 cm³/mol. The molecule has 0 spiro atoms. The first-order chi connectivity index (χ1) is 9.49. The molecule has 0 aliphatic carbocycles. The van der Waals surface area contributed by atoms with Gasteiger partial charge in [-0.3, -0.25) is 9.78 Å². The van der Waals surface area contributed by atoms with Gasteiger partial charge in [-0.2, -0.15) is 0 Å². The quantitative estimate of drug-likeness (QED) is 0.878. The summed E-state index contributed by atoms with van der Waals surface area (Å²) < 4.78 is 38.8. The summed E-state index contributed by atoms with van der Waals surface area (Å²) in [6.07, 6.45) is 3.21. The molecular weight excluding hydrogens is 269 g/mol. The number of aryl methyl sites for hydroxylation is 1. The molecule has 0 saturated carbocycles. The second kappa shape index (κ2) is 5.73. The molecule has 0 aliphatic rings. The van der Waals surface area contributed by atoms with E-state index < -0.39 is 23.4 Å². The Morgan fingerprint density at radius 1 is 1.25 bits per heavy atom. The van der Waals surface area contributed by atoms with Crippen molar-refractivity contribution >= 4 is 5.91 Å². The fourth-order valence-electron chi connectivity index (χ4n) is 1.66. The first kappa shape index (κ1) is 14.0. The van der Waals surface area contributed by atoms with E-state index in [2.05, 4.69) is 10.3 Å². The molecule has 6 heteroatoms. The zero-order valence-corrected chi connectivity index (χ0v) is 10.6. The fourth-order valence-corrected chi connectivity index (χ4v) is 1.66. The molecule has 1 N–H and O–H groups in total. The van der Waals surface area contributed by atoms with Gasteiger partial charge in [-0.1, -0.05) is 0 Å². The maximum Gasteiger partial charge on any atom is 0.251 e. The van der Waals surface area contributed by atoms with Crippen LogP contribution in [-0.2, 0) is 6.54 Å². The van der Waals surface area contributed by atoms with E-state index >= 15 is 0 Å². The lowest BCUT2D eigenvalue weighted by molar-refractivity contribution is 0.0949. The van der Waals surface area contributed by atoms with E-state index in [1.165, 1.54) is 0 Å². The minimum atomic E-state index is -1.59. The van der Waals surface area contributed by atoms with E-state index in [-0.39, 0.29) is 12.1 Å². The molecule has 0 unspecified atom stereocenters. The molecule has 0 radical (unpaired) electrons. The summed E-state index contributed by atoms with van der Waals surface area (Å²) in [5, 5.41) is 2.51. The molecule has 1 aromatic heterocycles. The zero-order chi connectivity index (χ0) is 14.7. The van der Waals surface area contributed by atoms with Crippen LogP contribution in [0.5, 0.6) is 0 Å². The van der Waals surface area contributed by atoms with Gasteiger partial charge in [0.25, 0.3) is 5.91 Å². The number of rotatable bonds is 3. The average Bonchev–Trinajstić information content (AvgIpc) is 2.43.